The van der Waals surface area contributed by atoms with Gasteiger partial charge in [0.05, 0.1) is 11.4 Å². The van der Waals surface area contributed by atoms with Crippen LogP contribution in [0.25, 0.3) is 11.3 Å². The fourth-order valence-electron chi connectivity index (χ4n) is 2.53. The van der Waals surface area contributed by atoms with Crippen LogP contribution in [0.15, 0.2) is 18.2 Å². The minimum atomic E-state index is -0.408. The zero-order valence-corrected chi connectivity index (χ0v) is 14.6. The van der Waals surface area contributed by atoms with Gasteiger partial charge in [0.1, 0.15) is 5.72 Å². The van der Waals surface area contributed by atoms with Crippen LogP contribution in [0.5, 0.6) is 0 Å². The predicted octanol–water partition coefficient (Wildman–Crippen LogP) is 3.71. The van der Waals surface area contributed by atoms with E-state index in [1.807, 2.05) is 32.5 Å². The number of nitrogens with one attached hydrogen (secondary N) is 1. The van der Waals surface area contributed by atoms with Gasteiger partial charge < -0.3 is 10.1 Å². The number of rotatable bonds is 5. The van der Waals surface area contributed by atoms with Crippen LogP contribution in [-0.2, 0) is 11.8 Å². The first kappa shape index (κ1) is 16.5. The van der Waals surface area contributed by atoms with Crippen LogP contribution in [0, 0.1) is 6.92 Å². The van der Waals surface area contributed by atoms with Crippen molar-refractivity contribution in [1.82, 2.24) is 15.0 Å². The second kappa shape index (κ2) is 6.08. The van der Waals surface area contributed by atoms with Gasteiger partial charge in [-0.25, -0.2) is 4.68 Å². The normalized spacial score (nSPS) is 12.0. The third kappa shape index (κ3) is 3.30. The Bertz CT molecular complexity index is 639. The molecule has 0 radical (unpaired) electrons. The molecule has 0 spiro atoms. The van der Waals surface area contributed by atoms with Crippen molar-refractivity contribution in [3.63, 3.8) is 0 Å². The molecule has 0 saturated heterocycles. The first-order chi connectivity index (χ1) is 10.2. The average Bonchev–Trinajstić information content (AvgIpc) is 2.78. The van der Waals surface area contributed by atoms with Gasteiger partial charge in [-0.3, -0.25) is 0 Å². The number of hydrogen-bond donors (Lipinski definition) is 1. The third-order valence-electron chi connectivity index (χ3n) is 3.89. The predicted molar refractivity (Wildman–Crippen MR) is 90.0 cm³/mol. The minimum absolute atomic E-state index is 0.400. The van der Waals surface area contributed by atoms with Gasteiger partial charge in [-0.05, 0) is 44.4 Å². The van der Waals surface area contributed by atoms with E-state index in [4.69, 9.17) is 4.74 Å². The van der Waals surface area contributed by atoms with Crippen LogP contribution in [0.1, 0.15) is 44.9 Å². The first-order valence-corrected chi connectivity index (χ1v) is 7.59. The standard InChI is InChI=1S/C17H26N4O/c1-11(2)14-10-13(16-12(3)19-20-21(16)6)8-9-15(14)18-17(4,5)22-7/h8-11,18H,1-7H3. The molecule has 1 aromatic carbocycles. The maximum Gasteiger partial charge on any atom is 0.132 e. The number of ether oxygens (including phenoxy) is 1. The van der Waals surface area contributed by atoms with Crippen LogP contribution >= 0.6 is 0 Å². The van der Waals surface area contributed by atoms with Crippen LogP contribution in [-0.4, -0.2) is 27.8 Å². The number of benzene rings is 1. The zero-order chi connectivity index (χ0) is 16.5. The van der Waals surface area contributed by atoms with Gasteiger partial charge in [-0.1, -0.05) is 25.1 Å². The van der Waals surface area contributed by atoms with E-state index in [9.17, 15) is 0 Å². The van der Waals surface area contributed by atoms with Crippen molar-refractivity contribution in [2.24, 2.45) is 7.05 Å². The smallest absolute Gasteiger partial charge is 0.132 e. The maximum absolute atomic E-state index is 5.48. The number of nitrogens with zero attached hydrogens (tertiary/aromatic N) is 3. The molecule has 0 atom stereocenters. The van der Waals surface area contributed by atoms with Gasteiger partial charge in [0.25, 0.3) is 0 Å². The molecule has 5 heteroatoms. The van der Waals surface area contributed by atoms with Gasteiger partial charge in [0, 0.05) is 25.4 Å². The summed E-state index contributed by atoms with van der Waals surface area (Å²) in [6, 6.07) is 6.42. The highest BCUT2D eigenvalue weighted by Gasteiger charge is 2.19. The Balaban J connectivity index is 2.48. The van der Waals surface area contributed by atoms with E-state index >= 15 is 0 Å². The Labute approximate surface area is 132 Å². The second-order valence-corrected chi connectivity index (χ2v) is 6.44. The van der Waals surface area contributed by atoms with Crippen LogP contribution in [0.4, 0.5) is 5.69 Å². The summed E-state index contributed by atoms with van der Waals surface area (Å²) < 4.78 is 7.30. The Morgan fingerprint density at radius 3 is 2.45 bits per heavy atom. The molecule has 2 rings (SSSR count). The molecule has 0 unspecified atom stereocenters. The number of aryl methyl sites for hydroxylation is 2. The van der Waals surface area contributed by atoms with E-state index in [-0.39, 0.29) is 0 Å². The zero-order valence-electron chi connectivity index (χ0n) is 14.6. The van der Waals surface area contributed by atoms with E-state index in [0.29, 0.717) is 5.92 Å². The fourth-order valence-corrected chi connectivity index (χ4v) is 2.53. The molecule has 0 saturated carbocycles. The van der Waals surface area contributed by atoms with Crippen molar-refractivity contribution in [2.45, 2.75) is 46.3 Å². The number of hydrogen-bond acceptors (Lipinski definition) is 4. The summed E-state index contributed by atoms with van der Waals surface area (Å²) in [5.74, 6) is 0.400. The van der Waals surface area contributed by atoms with Gasteiger partial charge >= 0.3 is 0 Å². The Morgan fingerprint density at radius 1 is 1.27 bits per heavy atom. The second-order valence-electron chi connectivity index (χ2n) is 6.44. The summed E-state index contributed by atoms with van der Waals surface area (Å²) >= 11 is 0. The fraction of sp³-hybridized carbons (Fsp3) is 0.529. The molecule has 0 aliphatic carbocycles. The Morgan fingerprint density at radius 2 is 1.95 bits per heavy atom. The molecule has 5 nitrogen and oxygen atoms in total. The van der Waals surface area contributed by atoms with Crippen molar-refractivity contribution < 1.29 is 4.74 Å². The van der Waals surface area contributed by atoms with Gasteiger partial charge in [-0.15, -0.1) is 5.10 Å². The highest BCUT2D eigenvalue weighted by atomic mass is 16.5. The van der Waals surface area contributed by atoms with Crippen molar-refractivity contribution in [2.75, 3.05) is 12.4 Å². The maximum atomic E-state index is 5.48. The monoisotopic (exact) mass is 302 g/mol. The van der Waals surface area contributed by atoms with E-state index in [1.165, 1.54) is 5.56 Å². The molecule has 120 valence electrons. The number of anilines is 1. The topological polar surface area (TPSA) is 52.0 Å². The van der Waals surface area contributed by atoms with Crippen molar-refractivity contribution in [1.29, 1.82) is 0 Å². The molecular formula is C17H26N4O. The Kier molecular flexibility index (Phi) is 4.56. The van der Waals surface area contributed by atoms with E-state index < -0.39 is 5.72 Å². The number of methoxy groups -OCH3 is 1. The number of aromatic nitrogens is 3. The van der Waals surface area contributed by atoms with E-state index in [0.717, 1.165) is 22.6 Å². The van der Waals surface area contributed by atoms with Crippen LogP contribution in [0.3, 0.4) is 0 Å². The lowest BCUT2D eigenvalue weighted by atomic mass is 9.96. The van der Waals surface area contributed by atoms with Crippen LogP contribution in [0.2, 0.25) is 0 Å². The Hall–Kier alpha value is -1.88. The van der Waals surface area contributed by atoms with Gasteiger partial charge in [-0.2, -0.15) is 0 Å². The van der Waals surface area contributed by atoms with Gasteiger partial charge in [0.15, 0.2) is 0 Å². The molecular weight excluding hydrogens is 276 g/mol. The summed E-state index contributed by atoms with van der Waals surface area (Å²) in [4.78, 5) is 0. The van der Waals surface area contributed by atoms with Gasteiger partial charge in [0.2, 0.25) is 0 Å². The highest BCUT2D eigenvalue weighted by molar-refractivity contribution is 5.68. The molecule has 22 heavy (non-hydrogen) atoms. The molecule has 1 N–H and O–H groups in total. The molecule has 0 amide bonds. The molecule has 2 aromatic rings. The summed E-state index contributed by atoms with van der Waals surface area (Å²) in [6.07, 6.45) is 0. The molecule has 0 fully saturated rings. The highest BCUT2D eigenvalue weighted by Crippen LogP contribution is 2.32. The molecule has 0 aliphatic heterocycles. The first-order valence-electron chi connectivity index (χ1n) is 7.59. The average molecular weight is 302 g/mol. The van der Waals surface area contributed by atoms with E-state index in [2.05, 4.69) is 47.7 Å². The quantitative estimate of drug-likeness (QED) is 0.856. The molecule has 0 aliphatic rings. The summed E-state index contributed by atoms with van der Waals surface area (Å²) in [7, 11) is 3.63. The lowest BCUT2D eigenvalue weighted by Crippen LogP contribution is -2.33. The van der Waals surface area contributed by atoms with Crippen molar-refractivity contribution >= 4 is 5.69 Å². The summed E-state index contributed by atoms with van der Waals surface area (Å²) in [5.41, 5.74) is 5.07. The van der Waals surface area contributed by atoms with E-state index in [1.54, 1.807) is 7.11 Å². The SMILES string of the molecule is COC(C)(C)Nc1ccc(-c2c(C)nnn2C)cc1C(C)C. The molecule has 1 aromatic heterocycles. The van der Waals surface area contributed by atoms with Crippen molar-refractivity contribution in [3.8, 4) is 11.3 Å². The van der Waals surface area contributed by atoms with Crippen molar-refractivity contribution in [3.05, 3.63) is 29.5 Å². The molecule has 0 bridgehead atoms. The molecule has 1 heterocycles. The van der Waals surface area contributed by atoms with Crippen LogP contribution < -0.4 is 5.32 Å². The third-order valence-corrected chi connectivity index (χ3v) is 3.89. The largest absolute Gasteiger partial charge is 0.360 e. The lowest BCUT2D eigenvalue weighted by Gasteiger charge is -2.28. The minimum Gasteiger partial charge on any atom is -0.360 e. The summed E-state index contributed by atoms with van der Waals surface area (Å²) in [5, 5.41) is 11.7. The summed E-state index contributed by atoms with van der Waals surface area (Å²) in [6.45, 7) is 10.4. The lowest BCUT2D eigenvalue weighted by molar-refractivity contribution is 0.0479.